The summed E-state index contributed by atoms with van der Waals surface area (Å²) in [5, 5.41) is 0. The predicted molar refractivity (Wildman–Crippen MR) is 101 cm³/mol. The van der Waals surface area contributed by atoms with Gasteiger partial charge in [0.1, 0.15) is 6.04 Å². The quantitative estimate of drug-likeness (QED) is 0.561. The van der Waals surface area contributed by atoms with Crippen molar-refractivity contribution in [2.24, 2.45) is 0 Å². The van der Waals surface area contributed by atoms with Crippen LogP contribution in [0, 0.1) is 6.92 Å². The minimum absolute atomic E-state index is 0.0283. The molecule has 1 aliphatic rings. The number of likely N-dealkylation sites (tertiary alicyclic amines) is 1. The summed E-state index contributed by atoms with van der Waals surface area (Å²) in [5.74, 6) is -0.988. The molecule has 28 heavy (non-hydrogen) atoms. The Morgan fingerprint density at radius 3 is 2.29 bits per heavy atom. The Balaban J connectivity index is 1.81. The maximum absolute atomic E-state index is 12.8. The number of carbonyl (C=O) groups is 2. The number of aryl methyl sites for hydroxylation is 1. The van der Waals surface area contributed by atoms with Crippen LogP contribution in [-0.2, 0) is 23.8 Å². The van der Waals surface area contributed by atoms with Gasteiger partial charge in [0.2, 0.25) is 0 Å². The highest BCUT2D eigenvalue weighted by Gasteiger charge is 2.43. The van der Waals surface area contributed by atoms with Crippen molar-refractivity contribution in [1.29, 1.82) is 0 Å². The van der Waals surface area contributed by atoms with Crippen LogP contribution in [-0.4, -0.2) is 51.0 Å². The molecule has 2 atom stereocenters. The van der Waals surface area contributed by atoms with Gasteiger partial charge in [-0.15, -0.1) is 0 Å². The van der Waals surface area contributed by atoms with Crippen molar-refractivity contribution >= 4 is 22.0 Å². The lowest BCUT2D eigenvalue weighted by Crippen LogP contribution is -2.41. The number of rotatable bonds is 5. The highest BCUT2D eigenvalue weighted by Crippen LogP contribution is 2.27. The normalized spacial score (nSPS) is 19.4. The standard InChI is InChI=1S/C20H21NO6S/c1-14-8-10-17(11-9-14)28(24,25)27-16-12-18(20(23)26-2)21(13-16)19(22)15-6-4-3-5-7-15/h3-11,16,18H,12-13H2,1-2H3/t16?,18-/m0/s1. The van der Waals surface area contributed by atoms with Gasteiger partial charge in [-0.1, -0.05) is 35.9 Å². The summed E-state index contributed by atoms with van der Waals surface area (Å²) >= 11 is 0. The average molecular weight is 403 g/mol. The number of hydrogen-bond acceptors (Lipinski definition) is 6. The van der Waals surface area contributed by atoms with Crippen molar-refractivity contribution in [1.82, 2.24) is 4.90 Å². The number of ether oxygens (including phenoxy) is 1. The van der Waals surface area contributed by atoms with E-state index in [0.717, 1.165) is 5.56 Å². The number of benzene rings is 2. The van der Waals surface area contributed by atoms with Gasteiger partial charge < -0.3 is 9.64 Å². The summed E-state index contributed by atoms with van der Waals surface area (Å²) in [6.07, 6.45) is -0.806. The van der Waals surface area contributed by atoms with Crippen LogP contribution >= 0.6 is 0 Å². The van der Waals surface area contributed by atoms with Gasteiger partial charge in [0, 0.05) is 18.5 Å². The van der Waals surface area contributed by atoms with E-state index < -0.39 is 28.2 Å². The van der Waals surface area contributed by atoms with Crippen molar-refractivity contribution in [2.45, 2.75) is 30.4 Å². The third kappa shape index (κ3) is 4.23. The fourth-order valence-electron chi connectivity index (χ4n) is 3.14. The molecule has 1 amide bonds. The zero-order valence-electron chi connectivity index (χ0n) is 15.6. The number of esters is 1. The van der Waals surface area contributed by atoms with Crippen molar-refractivity contribution in [2.75, 3.05) is 13.7 Å². The van der Waals surface area contributed by atoms with Crippen molar-refractivity contribution in [3.05, 3.63) is 65.7 Å². The molecule has 0 aliphatic carbocycles. The molecule has 1 aliphatic heterocycles. The monoisotopic (exact) mass is 403 g/mol. The molecule has 148 valence electrons. The van der Waals surface area contributed by atoms with Crippen LogP contribution in [0.5, 0.6) is 0 Å². The summed E-state index contributed by atoms with van der Waals surface area (Å²) in [4.78, 5) is 26.3. The SMILES string of the molecule is COC(=O)[C@@H]1CC(OS(=O)(=O)c2ccc(C)cc2)CN1C(=O)c1ccccc1. The first-order valence-corrected chi connectivity index (χ1v) is 10.2. The van der Waals surface area contributed by atoms with Crippen LogP contribution < -0.4 is 0 Å². The van der Waals surface area contributed by atoms with Crippen LogP contribution in [0.2, 0.25) is 0 Å². The molecule has 1 heterocycles. The van der Waals surface area contributed by atoms with Gasteiger partial charge in [0.25, 0.3) is 16.0 Å². The molecule has 1 saturated heterocycles. The zero-order chi connectivity index (χ0) is 20.3. The molecule has 1 unspecified atom stereocenters. The number of methoxy groups -OCH3 is 1. The average Bonchev–Trinajstić information content (AvgIpc) is 3.10. The van der Waals surface area contributed by atoms with E-state index in [0.29, 0.717) is 5.56 Å². The van der Waals surface area contributed by atoms with Gasteiger partial charge >= 0.3 is 5.97 Å². The van der Waals surface area contributed by atoms with E-state index >= 15 is 0 Å². The summed E-state index contributed by atoms with van der Waals surface area (Å²) in [5.41, 5.74) is 1.32. The van der Waals surface area contributed by atoms with E-state index in [1.54, 1.807) is 42.5 Å². The number of amides is 1. The molecule has 0 saturated carbocycles. The smallest absolute Gasteiger partial charge is 0.328 e. The maximum Gasteiger partial charge on any atom is 0.328 e. The first-order chi connectivity index (χ1) is 13.3. The van der Waals surface area contributed by atoms with Crippen LogP contribution in [0.3, 0.4) is 0 Å². The lowest BCUT2D eigenvalue weighted by atomic mass is 10.1. The lowest BCUT2D eigenvalue weighted by Gasteiger charge is -2.22. The van der Waals surface area contributed by atoms with Crippen LogP contribution in [0.15, 0.2) is 59.5 Å². The molecular formula is C20H21NO6S. The minimum Gasteiger partial charge on any atom is -0.467 e. The van der Waals surface area contributed by atoms with Crippen LogP contribution in [0.1, 0.15) is 22.3 Å². The molecule has 1 fully saturated rings. The predicted octanol–water partition coefficient (Wildman–Crippen LogP) is 2.16. The van der Waals surface area contributed by atoms with Gasteiger partial charge in [-0.25, -0.2) is 4.79 Å². The Morgan fingerprint density at radius 1 is 1.04 bits per heavy atom. The maximum atomic E-state index is 12.8. The van der Waals surface area contributed by atoms with Gasteiger partial charge in [-0.05, 0) is 31.2 Å². The number of hydrogen-bond donors (Lipinski definition) is 0. The Kier molecular flexibility index (Phi) is 5.81. The van der Waals surface area contributed by atoms with Crippen molar-refractivity contribution in [3.63, 3.8) is 0 Å². The fourth-order valence-corrected chi connectivity index (χ4v) is 4.22. The first-order valence-electron chi connectivity index (χ1n) is 8.75. The third-order valence-corrected chi connectivity index (χ3v) is 5.97. The van der Waals surface area contributed by atoms with E-state index in [-0.39, 0.29) is 23.8 Å². The number of nitrogens with zero attached hydrogens (tertiary/aromatic N) is 1. The molecule has 3 rings (SSSR count). The van der Waals surface area contributed by atoms with Crippen molar-refractivity contribution in [3.8, 4) is 0 Å². The van der Waals surface area contributed by atoms with Gasteiger partial charge in [0.15, 0.2) is 0 Å². The second-order valence-electron chi connectivity index (χ2n) is 6.58. The lowest BCUT2D eigenvalue weighted by molar-refractivity contribution is -0.145. The van der Waals surface area contributed by atoms with Gasteiger partial charge in [-0.2, -0.15) is 8.42 Å². The first kappa shape index (κ1) is 20.0. The molecule has 0 bridgehead atoms. The minimum atomic E-state index is -4.02. The summed E-state index contributed by atoms with van der Waals surface area (Å²) in [7, 11) is -2.79. The summed E-state index contributed by atoms with van der Waals surface area (Å²) in [6, 6.07) is 13.8. The Hall–Kier alpha value is -2.71. The van der Waals surface area contributed by atoms with E-state index in [9.17, 15) is 18.0 Å². The summed E-state index contributed by atoms with van der Waals surface area (Å²) in [6.45, 7) is 1.82. The molecule has 7 nitrogen and oxygen atoms in total. The summed E-state index contributed by atoms with van der Waals surface area (Å²) < 4.78 is 35.2. The topological polar surface area (TPSA) is 90.0 Å². The Morgan fingerprint density at radius 2 is 1.68 bits per heavy atom. The van der Waals surface area contributed by atoms with E-state index in [4.69, 9.17) is 8.92 Å². The number of carbonyl (C=O) groups excluding carboxylic acids is 2. The largest absolute Gasteiger partial charge is 0.467 e. The fraction of sp³-hybridized carbons (Fsp3) is 0.300. The van der Waals surface area contributed by atoms with Crippen LogP contribution in [0.4, 0.5) is 0 Å². The van der Waals surface area contributed by atoms with Crippen molar-refractivity contribution < 1.29 is 26.9 Å². The molecule has 2 aromatic rings. The molecule has 0 spiro atoms. The Labute approximate surface area is 164 Å². The van der Waals surface area contributed by atoms with E-state index in [1.165, 1.54) is 24.1 Å². The molecule has 0 N–H and O–H groups in total. The Bertz CT molecular complexity index is 956. The molecule has 8 heteroatoms. The highest BCUT2D eigenvalue weighted by atomic mass is 32.2. The van der Waals surface area contributed by atoms with Gasteiger partial charge in [-0.3, -0.25) is 8.98 Å². The molecule has 0 radical (unpaired) electrons. The molecule has 0 aromatic heterocycles. The third-order valence-electron chi connectivity index (χ3n) is 4.59. The van der Waals surface area contributed by atoms with E-state index in [1.807, 2.05) is 6.92 Å². The second-order valence-corrected chi connectivity index (χ2v) is 8.16. The molecular weight excluding hydrogens is 382 g/mol. The molecule has 2 aromatic carbocycles. The zero-order valence-corrected chi connectivity index (χ0v) is 16.4. The van der Waals surface area contributed by atoms with E-state index in [2.05, 4.69) is 0 Å². The second kappa shape index (κ2) is 8.12. The highest BCUT2D eigenvalue weighted by molar-refractivity contribution is 7.86. The van der Waals surface area contributed by atoms with Crippen LogP contribution in [0.25, 0.3) is 0 Å². The van der Waals surface area contributed by atoms with Gasteiger partial charge in [0.05, 0.1) is 18.1 Å².